The molecule has 3 atom stereocenters. The Bertz CT molecular complexity index is 3160. The molecule has 74 heavy (non-hydrogen) atoms. The van der Waals surface area contributed by atoms with E-state index >= 15 is 0 Å². The van der Waals surface area contributed by atoms with Gasteiger partial charge in [-0.25, -0.2) is 0 Å². The molecular formula is C57H62N4O10S3. The molecule has 388 valence electrons. The number of methoxy groups -OCH3 is 1. The third kappa shape index (κ3) is 11.0. The normalized spacial score (nSPS) is 17.0. The van der Waals surface area contributed by atoms with Crippen molar-refractivity contribution in [3.05, 3.63) is 136 Å². The Hall–Kier alpha value is -6.14. The number of rotatable bonds is 20. The number of fused-ring (bicyclic) bond motifs is 8. The number of hydrogen-bond acceptors (Lipinski definition) is 13. The van der Waals surface area contributed by atoms with Gasteiger partial charge in [-0.05, 0) is 135 Å². The third-order valence-corrected chi connectivity index (χ3v) is 19.4. The van der Waals surface area contributed by atoms with Gasteiger partial charge in [-0.1, -0.05) is 64.9 Å². The molecule has 0 bridgehead atoms. The van der Waals surface area contributed by atoms with E-state index in [1.54, 1.807) is 42.8 Å². The second-order valence-corrected chi connectivity index (χ2v) is 24.8. The van der Waals surface area contributed by atoms with Gasteiger partial charge in [-0.15, -0.1) is 0 Å². The van der Waals surface area contributed by atoms with E-state index in [0.717, 1.165) is 59.1 Å². The van der Waals surface area contributed by atoms with Crippen molar-refractivity contribution in [1.29, 1.82) is 0 Å². The zero-order chi connectivity index (χ0) is 52.5. The van der Waals surface area contributed by atoms with E-state index in [1.807, 2.05) is 116 Å². The van der Waals surface area contributed by atoms with Crippen LogP contribution in [0.15, 0.2) is 96.0 Å². The summed E-state index contributed by atoms with van der Waals surface area (Å²) in [4.78, 5) is 64.9. The van der Waals surface area contributed by atoms with Crippen LogP contribution in [0, 0.1) is 6.92 Å². The van der Waals surface area contributed by atoms with Gasteiger partial charge in [0.2, 0.25) is 5.91 Å². The van der Waals surface area contributed by atoms with Crippen molar-refractivity contribution < 1.29 is 46.0 Å². The zero-order valence-electron chi connectivity index (χ0n) is 42.8. The van der Waals surface area contributed by atoms with Gasteiger partial charge in [0.25, 0.3) is 21.9 Å². The topological polar surface area (TPSA) is 161 Å². The molecule has 4 heterocycles. The second-order valence-electron chi connectivity index (χ2n) is 19.8. The molecular weight excluding hydrogens is 997 g/mol. The molecule has 0 saturated carbocycles. The predicted molar refractivity (Wildman–Crippen MR) is 294 cm³/mol. The monoisotopic (exact) mass is 1060 g/mol. The molecule has 5 aromatic rings. The highest BCUT2D eigenvalue weighted by Crippen LogP contribution is 2.43. The number of hydrogen-bond donors (Lipinski definition) is 0. The van der Waals surface area contributed by atoms with Crippen LogP contribution >= 0.6 is 21.6 Å². The van der Waals surface area contributed by atoms with Crippen LogP contribution < -0.4 is 28.9 Å². The van der Waals surface area contributed by atoms with Crippen LogP contribution in [0.4, 0.5) is 22.7 Å². The lowest BCUT2D eigenvalue weighted by Crippen LogP contribution is -2.37. The Kier molecular flexibility index (Phi) is 15.7. The number of anilines is 3. The minimum absolute atomic E-state index is 0.0499. The Morgan fingerprint density at radius 1 is 0.824 bits per heavy atom. The van der Waals surface area contributed by atoms with Gasteiger partial charge in [0.15, 0.2) is 17.3 Å². The number of carbonyl (C=O) groups is 4. The van der Waals surface area contributed by atoms with Crippen LogP contribution in [0.25, 0.3) is 0 Å². The fourth-order valence-corrected chi connectivity index (χ4v) is 14.2. The Morgan fingerprint density at radius 2 is 1.49 bits per heavy atom. The van der Waals surface area contributed by atoms with Crippen LogP contribution in [0.2, 0.25) is 0 Å². The van der Waals surface area contributed by atoms with Crippen LogP contribution in [0.1, 0.15) is 107 Å². The zero-order valence-corrected chi connectivity index (χ0v) is 45.3. The quantitative estimate of drug-likeness (QED) is 0.0413. The molecule has 4 aliphatic rings. The summed E-state index contributed by atoms with van der Waals surface area (Å²) in [7, 11) is 3.41. The summed E-state index contributed by atoms with van der Waals surface area (Å²) in [6.45, 7) is 7.86. The lowest BCUT2D eigenvalue weighted by molar-refractivity contribution is -0.119. The molecule has 3 amide bonds. The Balaban J connectivity index is 0.930. The second kappa shape index (κ2) is 22.0. The SMILES string of the molecule is CCC(=O)C(CCSSC(C)(C)CCC(=O)N(C)c1cc(COc2cc3c(cc2C)C(=O)N2c4ccccc4C[C@H]2C=N3)cc(COc2cc3c(cc2OC)C(=O)N2c4ccccc4C[C@H]2CC3)c1)S(=O)(=O)OC. The number of carbonyl (C=O) groups excluding carboxylic acids is 4. The minimum Gasteiger partial charge on any atom is -0.493 e. The van der Waals surface area contributed by atoms with Gasteiger partial charge in [0.1, 0.15) is 24.2 Å². The lowest BCUT2D eigenvalue weighted by atomic mass is 9.99. The third-order valence-electron chi connectivity index (χ3n) is 14.4. The van der Waals surface area contributed by atoms with E-state index in [1.165, 1.54) is 16.4 Å². The van der Waals surface area contributed by atoms with E-state index in [2.05, 4.69) is 10.2 Å². The lowest BCUT2D eigenvalue weighted by Gasteiger charge is -2.25. The first-order valence-corrected chi connectivity index (χ1v) is 28.8. The number of nitrogens with zero attached hydrogens (tertiary/aromatic N) is 4. The van der Waals surface area contributed by atoms with Crippen molar-refractivity contribution in [2.75, 3.05) is 41.7 Å². The molecule has 0 aliphatic carbocycles. The van der Waals surface area contributed by atoms with E-state index < -0.39 is 15.4 Å². The largest absolute Gasteiger partial charge is 0.493 e. The summed E-state index contributed by atoms with van der Waals surface area (Å²) in [5.41, 5.74) is 9.63. The molecule has 9 rings (SSSR count). The molecule has 0 N–H and O–H groups in total. The Morgan fingerprint density at radius 3 is 2.18 bits per heavy atom. The summed E-state index contributed by atoms with van der Waals surface area (Å²) in [6.07, 6.45) is 5.84. The minimum atomic E-state index is -4.00. The molecule has 17 heteroatoms. The Labute approximate surface area is 441 Å². The summed E-state index contributed by atoms with van der Waals surface area (Å²) >= 11 is 0. The van der Waals surface area contributed by atoms with Crippen molar-refractivity contribution in [3.8, 4) is 17.2 Å². The number of benzene rings is 5. The smallest absolute Gasteiger partial charge is 0.277 e. The number of Topliss-reactive ketones (excluding diaryl/α,β-unsaturated/α-hetero) is 1. The molecule has 5 aromatic carbocycles. The van der Waals surface area contributed by atoms with E-state index in [-0.39, 0.29) is 72.8 Å². The molecule has 4 aliphatic heterocycles. The fourth-order valence-electron chi connectivity index (χ4n) is 10.3. The first-order chi connectivity index (χ1) is 35.5. The molecule has 0 saturated heterocycles. The average Bonchev–Trinajstić information content (AvgIpc) is 3.89. The maximum Gasteiger partial charge on any atom is 0.277 e. The number of ether oxygens (including phenoxy) is 3. The number of para-hydroxylation sites is 2. The molecule has 0 fully saturated rings. The summed E-state index contributed by atoms with van der Waals surface area (Å²) in [6, 6.07) is 29.1. The van der Waals surface area contributed by atoms with E-state index in [9.17, 15) is 27.6 Å². The molecule has 1 unspecified atom stereocenters. The van der Waals surface area contributed by atoms with Gasteiger partial charge in [0.05, 0.1) is 31.5 Å². The highest BCUT2D eigenvalue weighted by molar-refractivity contribution is 8.77. The number of aryl methyl sites for hydroxylation is 2. The van der Waals surface area contributed by atoms with Crippen LogP contribution in [-0.4, -0.2) is 87.2 Å². The number of amides is 3. The van der Waals surface area contributed by atoms with Gasteiger partial charge in [-0.2, -0.15) is 8.42 Å². The summed E-state index contributed by atoms with van der Waals surface area (Å²) in [5.74, 6) is 1.28. The summed E-state index contributed by atoms with van der Waals surface area (Å²) in [5, 5.41) is -1.21. The van der Waals surface area contributed by atoms with Crippen molar-refractivity contribution in [2.24, 2.45) is 4.99 Å². The number of ketones is 1. The standard InChI is InChI=1S/C57H62N4O10S3/c1-8-49(62)53(74(66,67)69-7)20-22-72-73-57(3,4)21-19-54(63)59(5)42-25-36(33-70-50-31-46-45(23-35(50)2)56(65)61-43(32-58-46)28-40-14-10-12-16-48(40)61)24-37(26-42)34-71-52-29-38-17-18-41-27-39-13-9-11-15-47(39)60(41)55(64)44(38)30-51(52)68-6/h9-16,23-26,29-32,41,43,53H,8,17-22,27-28,33-34H2,1-7H3/t41-,43+,53?/m1/s1. The first-order valence-electron chi connectivity index (χ1n) is 25.0. The average molecular weight is 1060 g/mol. The molecule has 14 nitrogen and oxygen atoms in total. The molecule has 0 radical (unpaired) electrons. The summed E-state index contributed by atoms with van der Waals surface area (Å²) < 4.78 is 48.1. The van der Waals surface area contributed by atoms with Gasteiger partial charge < -0.3 is 24.0 Å². The van der Waals surface area contributed by atoms with Gasteiger partial charge in [-0.3, -0.25) is 33.3 Å². The number of aliphatic imine (C=N–C) groups is 1. The van der Waals surface area contributed by atoms with Crippen molar-refractivity contribution in [2.45, 2.75) is 114 Å². The highest BCUT2D eigenvalue weighted by Gasteiger charge is 2.39. The highest BCUT2D eigenvalue weighted by atomic mass is 33.1. The van der Waals surface area contributed by atoms with Gasteiger partial charge >= 0.3 is 0 Å². The maximum absolute atomic E-state index is 14.2. The molecule has 0 spiro atoms. The van der Waals surface area contributed by atoms with Crippen molar-refractivity contribution in [1.82, 2.24) is 0 Å². The van der Waals surface area contributed by atoms with Gasteiger partial charge in [0, 0.05) is 77.8 Å². The van der Waals surface area contributed by atoms with Crippen molar-refractivity contribution in [3.63, 3.8) is 0 Å². The van der Waals surface area contributed by atoms with Crippen molar-refractivity contribution >= 4 is 84.2 Å². The van der Waals surface area contributed by atoms with Crippen LogP contribution in [0.3, 0.4) is 0 Å². The predicted octanol–water partition coefficient (Wildman–Crippen LogP) is 10.6. The van der Waals surface area contributed by atoms with Crippen LogP contribution in [-0.2, 0) is 56.4 Å². The maximum atomic E-state index is 14.2. The van der Waals surface area contributed by atoms with Crippen LogP contribution in [0.5, 0.6) is 17.2 Å². The molecule has 0 aromatic heterocycles. The van der Waals surface area contributed by atoms with E-state index in [0.29, 0.717) is 64.8 Å². The first kappa shape index (κ1) is 52.7. The van der Waals surface area contributed by atoms with E-state index in [4.69, 9.17) is 19.2 Å². The fraction of sp³-hybridized carbons (Fsp3) is 0.386.